The highest BCUT2D eigenvalue weighted by Gasteiger charge is 2.17. The van der Waals surface area contributed by atoms with Gasteiger partial charge in [-0.25, -0.2) is 14.2 Å². The summed E-state index contributed by atoms with van der Waals surface area (Å²) >= 11 is 0. The van der Waals surface area contributed by atoms with E-state index >= 15 is 0 Å². The summed E-state index contributed by atoms with van der Waals surface area (Å²) in [6, 6.07) is 3.62. The largest absolute Gasteiger partial charge is 0.489 e. The average molecular weight is 348 g/mol. The molecule has 1 atom stereocenters. The summed E-state index contributed by atoms with van der Waals surface area (Å²) in [5.74, 6) is -0.0279. The predicted octanol–water partition coefficient (Wildman–Crippen LogP) is 2.40. The molecule has 0 saturated carbocycles. The maximum atomic E-state index is 13.5. The molecule has 0 radical (unpaired) electrons. The number of carbonyl (C=O) groups is 1. The minimum Gasteiger partial charge on any atom is -0.489 e. The van der Waals surface area contributed by atoms with E-state index in [0.29, 0.717) is 25.4 Å². The third kappa shape index (κ3) is 5.18. The smallest absolute Gasteiger partial charge is 0.319 e. The fourth-order valence-electron chi connectivity index (χ4n) is 2.57. The molecule has 3 rings (SSSR count). The number of urea groups is 1. The van der Waals surface area contributed by atoms with E-state index in [-0.39, 0.29) is 11.8 Å². The highest BCUT2D eigenvalue weighted by molar-refractivity contribution is 5.90. The van der Waals surface area contributed by atoms with Gasteiger partial charge < -0.3 is 24.7 Å². The third-order valence-corrected chi connectivity index (χ3v) is 3.85. The highest BCUT2D eigenvalue weighted by atomic mass is 19.1. The number of nitrogens with one attached hydrogen (secondary N) is 2. The van der Waals surface area contributed by atoms with E-state index in [1.165, 1.54) is 18.2 Å². The number of aromatic nitrogens is 2. The molecule has 1 aliphatic rings. The van der Waals surface area contributed by atoms with Crippen LogP contribution in [0.5, 0.6) is 5.75 Å². The number of imidazole rings is 1. The number of benzene rings is 1. The molecule has 25 heavy (non-hydrogen) atoms. The van der Waals surface area contributed by atoms with E-state index in [1.54, 1.807) is 12.5 Å². The number of amides is 2. The van der Waals surface area contributed by atoms with Gasteiger partial charge in [0.05, 0.1) is 18.1 Å². The lowest BCUT2D eigenvalue weighted by Crippen LogP contribution is -2.31. The van der Waals surface area contributed by atoms with Crippen molar-refractivity contribution in [1.29, 1.82) is 0 Å². The SMILES string of the molecule is O=C(NCCn1ccnc1)Nc1cc(F)ccc1OCC1CCCO1. The van der Waals surface area contributed by atoms with Crippen molar-refractivity contribution in [2.45, 2.75) is 25.5 Å². The first kappa shape index (κ1) is 17.2. The quantitative estimate of drug-likeness (QED) is 0.805. The van der Waals surface area contributed by atoms with Crippen molar-refractivity contribution in [3.05, 3.63) is 42.7 Å². The molecule has 1 aromatic carbocycles. The van der Waals surface area contributed by atoms with Gasteiger partial charge in [-0.15, -0.1) is 0 Å². The first-order valence-electron chi connectivity index (χ1n) is 8.25. The second kappa shape index (κ2) is 8.48. The fourth-order valence-corrected chi connectivity index (χ4v) is 2.57. The molecular weight excluding hydrogens is 327 g/mol. The number of hydrogen-bond acceptors (Lipinski definition) is 4. The normalized spacial score (nSPS) is 16.6. The van der Waals surface area contributed by atoms with Gasteiger partial charge in [0.2, 0.25) is 0 Å². The molecule has 134 valence electrons. The topological polar surface area (TPSA) is 77.4 Å². The van der Waals surface area contributed by atoms with E-state index in [2.05, 4.69) is 15.6 Å². The Morgan fingerprint density at radius 1 is 1.48 bits per heavy atom. The summed E-state index contributed by atoms with van der Waals surface area (Å²) in [5.41, 5.74) is 0.290. The lowest BCUT2D eigenvalue weighted by Gasteiger charge is -2.15. The minimum atomic E-state index is -0.446. The van der Waals surface area contributed by atoms with Gasteiger partial charge in [-0.1, -0.05) is 0 Å². The van der Waals surface area contributed by atoms with Crippen molar-refractivity contribution in [2.75, 3.05) is 25.1 Å². The molecule has 7 nitrogen and oxygen atoms in total. The van der Waals surface area contributed by atoms with Gasteiger partial charge in [-0.3, -0.25) is 0 Å². The van der Waals surface area contributed by atoms with Gasteiger partial charge in [0.15, 0.2) is 0 Å². The van der Waals surface area contributed by atoms with Crippen molar-refractivity contribution >= 4 is 11.7 Å². The summed E-state index contributed by atoms with van der Waals surface area (Å²) in [4.78, 5) is 15.9. The molecule has 8 heteroatoms. The van der Waals surface area contributed by atoms with Gasteiger partial charge in [-0.05, 0) is 25.0 Å². The van der Waals surface area contributed by atoms with Gasteiger partial charge in [0, 0.05) is 38.2 Å². The monoisotopic (exact) mass is 348 g/mol. The molecule has 0 bridgehead atoms. The maximum Gasteiger partial charge on any atom is 0.319 e. The zero-order valence-corrected chi connectivity index (χ0v) is 13.8. The summed E-state index contributed by atoms with van der Waals surface area (Å²) in [5, 5.41) is 5.34. The summed E-state index contributed by atoms with van der Waals surface area (Å²) in [6.45, 7) is 2.13. The van der Waals surface area contributed by atoms with E-state index in [1.807, 2.05) is 10.8 Å². The number of carbonyl (C=O) groups excluding carboxylic acids is 1. The minimum absolute atomic E-state index is 0.0434. The summed E-state index contributed by atoms with van der Waals surface area (Å²) < 4.78 is 26.6. The summed E-state index contributed by atoms with van der Waals surface area (Å²) in [6.07, 6.45) is 7.15. The number of halogens is 1. The lowest BCUT2D eigenvalue weighted by atomic mass is 10.2. The van der Waals surface area contributed by atoms with Crippen LogP contribution in [0.15, 0.2) is 36.9 Å². The molecule has 1 aromatic heterocycles. The lowest BCUT2D eigenvalue weighted by molar-refractivity contribution is 0.0682. The molecule has 2 heterocycles. The molecule has 0 aliphatic carbocycles. The van der Waals surface area contributed by atoms with Crippen LogP contribution >= 0.6 is 0 Å². The second-order valence-corrected chi connectivity index (χ2v) is 5.77. The third-order valence-electron chi connectivity index (χ3n) is 3.85. The molecule has 2 aromatic rings. The van der Waals surface area contributed by atoms with Crippen LogP contribution in [0.1, 0.15) is 12.8 Å². The van der Waals surface area contributed by atoms with E-state index in [9.17, 15) is 9.18 Å². The van der Waals surface area contributed by atoms with Gasteiger partial charge in [0.25, 0.3) is 0 Å². The maximum absolute atomic E-state index is 13.5. The zero-order valence-electron chi connectivity index (χ0n) is 13.8. The Labute approximate surface area is 145 Å². The van der Waals surface area contributed by atoms with Crippen molar-refractivity contribution in [3.8, 4) is 5.75 Å². The number of nitrogens with zero attached hydrogens (tertiary/aromatic N) is 2. The predicted molar refractivity (Wildman–Crippen MR) is 90.1 cm³/mol. The molecule has 1 fully saturated rings. The zero-order chi connectivity index (χ0) is 17.5. The number of ether oxygens (including phenoxy) is 2. The van der Waals surface area contributed by atoms with E-state index in [0.717, 1.165) is 19.4 Å². The van der Waals surface area contributed by atoms with Gasteiger partial charge in [-0.2, -0.15) is 0 Å². The molecule has 2 N–H and O–H groups in total. The Balaban J connectivity index is 1.52. The average Bonchev–Trinajstić information content (AvgIpc) is 3.27. The van der Waals surface area contributed by atoms with Crippen molar-refractivity contribution in [2.24, 2.45) is 0 Å². The number of hydrogen-bond donors (Lipinski definition) is 2. The Morgan fingerprint density at radius 2 is 2.40 bits per heavy atom. The Kier molecular flexibility index (Phi) is 5.84. The number of anilines is 1. The van der Waals surface area contributed by atoms with Crippen LogP contribution in [-0.4, -0.2) is 41.4 Å². The van der Waals surface area contributed by atoms with Crippen molar-refractivity contribution < 1.29 is 18.7 Å². The van der Waals surface area contributed by atoms with Crippen LogP contribution < -0.4 is 15.4 Å². The van der Waals surface area contributed by atoms with Gasteiger partial charge >= 0.3 is 6.03 Å². The Bertz CT molecular complexity index is 687. The van der Waals surface area contributed by atoms with Crippen LogP contribution in [0.2, 0.25) is 0 Å². The van der Waals surface area contributed by atoms with Gasteiger partial charge in [0.1, 0.15) is 18.2 Å². The highest BCUT2D eigenvalue weighted by Crippen LogP contribution is 2.26. The molecular formula is C17H21FN4O3. The van der Waals surface area contributed by atoms with Crippen LogP contribution in [-0.2, 0) is 11.3 Å². The fraction of sp³-hybridized carbons (Fsp3) is 0.412. The molecule has 1 aliphatic heterocycles. The van der Waals surface area contributed by atoms with Crippen LogP contribution in [0.3, 0.4) is 0 Å². The molecule has 0 spiro atoms. The number of rotatable bonds is 7. The first-order chi connectivity index (χ1) is 12.2. The van der Waals surface area contributed by atoms with E-state index in [4.69, 9.17) is 9.47 Å². The van der Waals surface area contributed by atoms with Crippen molar-refractivity contribution in [1.82, 2.24) is 14.9 Å². The van der Waals surface area contributed by atoms with E-state index < -0.39 is 11.8 Å². The Morgan fingerprint density at radius 3 is 3.16 bits per heavy atom. The van der Waals surface area contributed by atoms with Crippen LogP contribution in [0.25, 0.3) is 0 Å². The van der Waals surface area contributed by atoms with Crippen LogP contribution in [0, 0.1) is 5.82 Å². The first-order valence-corrected chi connectivity index (χ1v) is 8.25. The second-order valence-electron chi connectivity index (χ2n) is 5.77. The standard InChI is InChI=1S/C17H21FN4O3/c18-13-3-4-16(25-11-14-2-1-9-24-14)15(10-13)21-17(23)20-6-8-22-7-5-19-12-22/h3-5,7,10,12,14H,1-2,6,8-9,11H2,(H2,20,21,23). The molecule has 1 unspecified atom stereocenters. The van der Waals surface area contributed by atoms with Crippen LogP contribution in [0.4, 0.5) is 14.9 Å². The van der Waals surface area contributed by atoms with Crippen molar-refractivity contribution in [3.63, 3.8) is 0 Å². The Hall–Kier alpha value is -2.61. The molecule has 2 amide bonds. The summed E-state index contributed by atoms with van der Waals surface area (Å²) in [7, 11) is 0. The molecule has 1 saturated heterocycles.